The van der Waals surface area contributed by atoms with E-state index < -0.39 is 5.60 Å². The van der Waals surface area contributed by atoms with Gasteiger partial charge in [0.1, 0.15) is 0 Å². The second-order valence-electron chi connectivity index (χ2n) is 6.93. The van der Waals surface area contributed by atoms with Gasteiger partial charge in [-0.3, -0.25) is 0 Å². The highest BCUT2D eigenvalue weighted by molar-refractivity contribution is 4.73. The van der Waals surface area contributed by atoms with Gasteiger partial charge in [0.15, 0.2) is 0 Å². The van der Waals surface area contributed by atoms with Crippen molar-refractivity contribution >= 4 is 0 Å². The van der Waals surface area contributed by atoms with Crippen LogP contribution in [0.2, 0.25) is 0 Å². The molecule has 0 fully saturated rings. The van der Waals surface area contributed by atoms with Crippen LogP contribution in [0.25, 0.3) is 0 Å². The predicted octanol–water partition coefficient (Wildman–Crippen LogP) is 5.44. The van der Waals surface area contributed by atoms with E-state index in [0.717, 1.165) is 25.9 Å². The summed E-state index contributed by atoms with van der Waals surface area (Å²) in [4.78, 5) is 0. The van der Waals surface area contributed by atoms with Gasteiger partial charge in [-0.05, 0) is 39.3 Å². The maximum Gasteiger partial charge on any atom is 0.0631 e. The van der Waals surface area contributed by atoms with E-state index in [1.807, 2.05) is 6.92 Å². The highest BCUT2D eigenvalue weighted by Crippen LogP contribution is 2.19. The summed E-state index contributed by atoms with van der Waals surface area (Å²) in [5, 5.41) is 13.7. The van der Waals surface area contributed by atoms with Gasteiger partial charge in [-0.15, -0.1) is 0 Å². The summed E-state index contributed by atoms with van der Waals surface area (Å²) >= 11 is 0. The minimum Gasteiger partial charge on any atom is -0.390 e. The van der Waals surface area contributed by atoms with E-state index in [1.54, 1.807) is 0 Å². The molecule has 2 heteroatoms. The summed E-state index contributed by atoms with van der Waals surface area (Å²) in [6.45, 7) is 8.45. The van der Waals surface area contributed by atoms with Gasteiger partial charge >= 0.3 is 0 Å². The monoisotopic (exact) mass is 299 g/mol. The third-order valence-corrected chi connectivity index (χ3v) is 4.34. The van der Waals surface area contributed by atoms with E-state index >= 15 is 0 Å². The minimum absolute atomic E-state index is 0.471. The highest BCUT2D eigenvalue weighted by Gasteiger charge is 2.18. The quantitative estimate of drug-likeness (QED) is 0.372. The van der Waals surface area contributed by atoms with Gasteiger partial charge in [0.25, 0.3) is 0 Å². The molecule has 0 saturated heterocycles. The highest BCUT2D eigenvalue weighted by atomic mass is 16.3. The van der Waals surface area contributed by atoms with Crippen LogP contribution in [-0.2, 0) is 0 Å². The van der Waals surface area contributed by atoms with Crippen molar-refractivity contribution < 1.29 is 5.11 Å². The molecule has 128 valence electrons. The van der Waals surface area contributed by atoms with Crippen LogP contribution < -0.4 is 5.32 Å². The Morgan fingerprint density at radius 3 is 1.71 bits per heavy atom. The van der Waals surface area contributed by atoms with E-state index in [-0.39, 0.29) is 0 Å². The SMILES string of the molecule is CCCCCCCCCCCCC(C)(O)CCNCCC. The largest absolute Gasteiger partial charge is 0.390 e. The summed E-state index contributed by atoms with van der Waals surface area (Å²) in [7, 11) is 0. The first kappa shape index (κ1) is 20.9. The summed E-state index contributed by atoms with van der Waals surface area (Å²) in [6, 6.07) is 0. The first-order valence-electron chi connectivity index (χ1n) is 9.55. The summed E-state index contributed by atoms with van der Waals surface area (Å²) in [5.74, 6) is 0. The van der Waals surface area contributed by atoms with Crippen LogP contribution in [0.1, 0.15) is 104 Å². The van der Waals surface area contributed by atoms with Crippen molar-refractivity contribution in [1.82, 2.24) is 5.32 Å². The number of rotatable bonds is 16. The Morgan fingerprint density at radius 2 is 1.19 bits per heavy atom. The number of aliphatic hydroxyl groups is 1. The summed E-state index contributed by atoms with van der Waals surface area (Å²) in [5.41, 5.74) is -0.471. The molecule has 1 unspecified atom stereocenters. The molecule has 0 aliphatic carbocycles. The Balaban J connectivity index is 3.28. The molecular formula is C19H41NO. The van der Waals surface area contributed by atoms with Crippen LogP contribution in [0.4, 0.5) is 0 Å². The fourth-order valence-electron chi connectivity index (χ4n) is 2.78. The smallest absolute Gasteiger partial charge is 0.0631 e. The van der Waals surface area contributed by atoms with E-state index in [1.165, 1.54) is 70.6 Å². The van der Waals surface area contributed by atoms with Crippen molar-refractivity contribution in [2.75, 3.05) is 13.1 Å². The zero-order valence-corrected chi connectivity index (χ0v) is 15.1. The predicted molar refractivity (Wildman–Crippen MR) is 94.9 cm³/mol. The van der Waals surface area contributed by atoms with Gasteiger partial charge in [-0.2, -0.15) is 0 Å². The van der Waals surface area contributed by atoms with Gasteiger partial charge in [0.2, 0.25) is 0 Å². The van der Waals surface area contributed by atoms with Crippen LogP contribution in [-0.4, -0.2) is 23.8 Å². The van der Waals surface area contributed by atoms with E-state index in [4.69, 9.17) is 0 Å². The Bertz CT molecular complexity index is 204. The zero-order chi connectivity index (χ0) is 15.8. The Labute approximate surface area is 134 Å². The van der Waals surface area contributed by atoms with Gasteiger partial charge in [0.05, 0.1) is 5.60 Å². The average molecular weight is 300 g/mol. The van der Waals surface area contributed by atoms with E-state index in [9.17, 15) is 5.11 Å². The lowest BCUT2D eigenvalue weighted by Gasteiger charge is -2.23. The molecule has 0 heterocycles. The number of unbranched alkanes of at least 4 members (excludes halogenated alkanes) is 9. The molecule has 2 nitrogen and oxygen atoms in total. The average Bonchev–Trinajstić information content (AvgIpc) is 2.45. The lowest BCUT2D eigenvalue weighted by Crippen LogP contribution is -2.30. The molecule has 0 rings (SSSR count). The van der Waals surface area contributed by atoms with Crippen LogP contribution in [0.15, 0.2) is 0 Å². The molecule has 21 heavy (non-hydrogen) atoms. The van der Waals surface area contributed by atoms with Crippen LogP contribution >= 0.6 is 0 Å². The van der Waals surface area contributed by atoms with E-state index in [2.05, 4.69) is 19.2 Å². The molecule has 0 aromatic heterocycles. The standard InChI is InChI=1S/C19H41NO/c1-4-6-7-8-9-10-11-12-13-14-15-19(3,21)16-18-20-17-5-2/h20-21H,4-18H2,1-3H3. The lowest BCUT2D eigenvalue weighted by atomic mass is 9.94. The molecule has 0 bridgehead atoms. The third kappa shape index (κ3) is 16.1. The molecule has 2 N–H and O–H groups in total. The van der Waals surface area contributed by atoms with Crippen molar-refractivity contribution in [2.24, 2.45) is 0 Å². The van der Waals surface area contributed by atoms with Crippen molar-refractivity contribution in [3.63, 3.8) is 0 Å². The van der Waals surface area contributed by atoms with Crippen molar-refractivity contribution in [3.8, 4) is 0 Å². The summed E-state index contributed by atoms with van der Waals surface area (Å²) in [6.07, 6.45) is 16.6. The molecule has 0 spiro atoms. The van der Waals surface area contributed by atoms with Crippen molar-refractivity contribution in [3.05, 3.63) is 0 Å². The lowest BCUT2D eigenvalue weighted by molar-refractivity contribution is 0.0396. The van der Waals surface area contributed by atoms with Crippen LogP contribution in [0.3, 0.4) is 0 Å². The minimum atomic E-state index is -0.471. The normalized spacial score (nSPS) is 14.3. The third-order valence-electron chi connectivity index (χ3n) is 4.34. The first-order chi connectivity index (χ1) is 10.1. The van der Waals surface area contributed by atoms with Gasteiger partial charge in [-0.1, -0.05) is 78.1 Å². The second kappa shape index (κ2) is 14.8. The Kier molecular flexibility index (Phi) is 14.8. The molecule has 0 aliphatic rings. The topological polar surface area (TPSA) is 32.3 Å². The molecule has 0 amide bonds. The van der Waals surface area contributed by atoms with Crippen molar-refractivity contribution in [2.45, 2.75) is 110 Å². The number of hydrogen-bond donors (Lipinski definition) is 2. The van der Waals surface area contributed by atoms with Gasteiger partial charge in [0, 0.05) is 0 Å². The molecule has 1 atom stereocenters. The van der Waals surface area contributed by atoms with Crippen LogP contribution in [0, 0.1) is 0 Å². The number of nitrogens with one attached hydrogen (secondary N) is 1. The molecule has 0 saturated carbocycles. The second-order valence-corrected chi connectivity index (χ2v) is 6.93. The maximum absolute atomic E-state index is 10.3. The molecule has 0 aromatic rings. The van der Waals surface area contributed by atoms with Crippen LogP contribution in [0.5, 0.6) is 0 Å². The molecule has 0 aromatic carbocycles. The van der Waals surface area contributed by atoms with E-state index in [0.29, 0.717) is 0 Å². The fourth-order valence-corrected chi connectivity index (χ4v) is 2.78. The fraction of sp³-hybridized carbons (Fsp3) is 1.00. The summed E-state index contributed by atoms with van der Waals surface area (Å²) < 4.78 is 0. The molecular weight excluding hydrogens is 258 g/mol. The number of hydrogen-bond acceptors (Lipinski definition) is 2. The maximum atomic E-state index is 10.3. The molecule has 0 aliphatic heterocycles. The zero-order valence-electron chi connectivity index (χ0n) is 15.1. The molecule has 0 radical (unpaired) electrons. The van der Waals surface area contributed by atoms with Gasteiger partial charge in [-0.25, -0.2) is 0 Å². The Morgan fingerprint density at radius 1 is 0.667 bits per heavy atom. The first-order valence-corrected chi connectivity index (χ1v) is 9.55. The Hall–Kier alpha value is -0.0800. The van der Waals surface area contributed by atoms with Gasteiger partial charge < -0.3 is 10.4 Å². The van der Waals surface area contributed by atoms with Crippen molar-refractivity contribution in [1.29, 1.82) is 0 Å².